The van der Waals surface area contributed by atoms with Gasteiger partial charge < -0.3 is 19.9 Å². The highest BCUT2D eigenvalue weighted by Gasteiger charge is 2.21. The normalized spacial score (nSPS) is 11.7. The number of benzene rings is 2. The third-order valence-corrected chi connectivity index (χ3v) is 4.51. The second kappa shape index (κ2) is 8.56. The molecule has 146 valence electrons. The Hall–Kier alpha value is -3.35. The molecule has 2 aromatic carbocycles. The van der Waals surface area contributed by atoms with Crippen LogP contribution in [-0.2, 0) is 13.6 Å². The standard InChI is InChI=1S/C21H23FN4O2/c1-14-7-8-15(11-18(14)22)13-24-21(27)25-19(20-23-9-10-26(20)2)16-5-4-6-17(12-16)28-3/h4-12,19H,13H2,1-3H3,(H2,24,25,27). The van der Waals surface area contributed by atoms with Gasteiger partial charge in [0.25, 0.3) is 0 Å². The lowest BCUT2D eigenvalue weighted by Gasteiger charge is -2.20. The molecule has 28 heavy (non-hydrogen) atoms. The van der Waals surface area contributed by atoms with Crippen molar-refractivity contribution in [2.24, 2.45) is 7.05 Å². The molecule has 0 radical (unpaired) electrons. The van der Waals surface area contributed by atoms with E-state index in [1.165, 1.54) is 6.07 Å². The Balaban J connectivity index is 1.76. The minimum atomic E-state index is -0.468. The summed E-state index contributed by atoms with van der Waals surface area (Å²) >= 11 is 0. The van der Waals surface area contributed by atoms with Crippen LogP contribution >= 0.6 is 0 Å². The number of aromatic nitrogens is 2. The summed E-state index contributed by atoms with van der Waals surface area (Å²) in [7, 11) is 3.46. The van der Waals surface area contributed by atoms with Gasteiger partial charge >= 0.3 is 6.03 Å². The van der Waals surface area contributed by atoms with Crippen LogP contribution in [0.25, 0.3) is 0 Å². The molecule has 0 aliphatic carbocycles. The van der Waals surface area contributed by atoms with Crippen molar-refractivity contribution in [2.75, 3.05) is 7.11 Å². The number of methoxy groups -OCH3 is 1. The first-order valence-corrected chi connectivity index (χ1v) is 8.88. The highest BCUT2D eigenvalue weighted by atomic mass is 19.1. The van der Waals surface area contributed by atoms with E-state index >= 15 is 0 Å². The van der Waals surface area contributed by atoms with Crippen molar-refractivity contribution in [1.82, 2.24) is 20.2 Å². The fourth-order valence-corrected chi connectivity index (χ4v) is 2.88. The lowest BCUT2D eigenvalue weighted by Crippen LogP contribution is -2.39. The van der Waals surface area contributed by atoms with E-state index < -0.39 is 6.04 Å². The molecule has 0 fully saturated rings. The van der Waals surface area contributed by atoms with Crippen molar-refractivity contribution in [3.8, 4) is 5.75 Å². The first-order valence-electron chi connectivity index (χ1n) is 8.88. The van der Waals surface area contributed by atoms with Gasteiger partial charge in [0.05, 0.1) is 7.11 Å². The Morgan fingerprint density at radius 1 is 1.29 bits per heavy atom. The highest BCUT2D eigenvalue weighted by Crippen LogP contribution is 2.24. The van der Waals surface area contributed by atoms with Gasteiger partial charge in [-0.25, -0.2) is 14.2 Å². The van der Waals surface area contributed by atoms with Gasteiger partial charge in [0.15, 0.2) is 0 Å². The van der Waals surface area contributed by atoms with E-state index in [0.717, 1.165) is 5.56 Å². The maximum absolute atomic E-state index is 13.7. The van der Waals surface area contributed by atoms with E-state index in [9.17, 15) is 9.18 Å². The summed E-state index contributed by atoms with van der Waals surface area (Å²) in [5.41, 5.74) is 2.10. The number of urea groups is 1. The van der Waals surface area contributed by atoms with E-state index in [0.29, 0.717) is 22.7 Å². The molecule has 7 heteroatoms. The molecule has 3 rings (SSSR count). The van der Waals surface area contributed by atoms with Crippen LogP contribution in [0, 0.1) is 12.7 Å². The van der Waals surface area contributed by atoms with Crippen LogP contribution in [0.3, 0.4) is 0 Å². The summed E-state index contributed by atoms with van der Waals surface area (Å²) in [6, 6.07) is 11.5. The summed E-state index contributed by atoms with van der Waals surface area (Å²) in [6.45, 7) is 1.92. The van der Waals surface area contributed by atoms with Crippen LogP contribution in [-0.4, -0.2) is 22.7 Å². The zero-order valence-corrected chi connectivity index (χ0v) is 16.1. The lowest BCUT2D eigenvalue weighted by molar-refractivity contribution is 0.237. The molecule has 0 spiro atoms. The number of rotatable bonds is 6. The molecular weight excluding hydrogens is 359 g/mol. The van der Waals surface area contributed by atoms with Gasteiger partial charge in [0.1, 0.15) is 23.4 Å². The third kappa shape index (κ3) is 4.49. The van der Waals surface area contributed by atoms with Crippen LogP contribution in [0.2, 0.25) is 0 Å². The number of nitrogens with zero attached hydrogens (tertiary/aromatic N) is 2. The van der Waals surface area contributed by atoms with Crippen LogP contribution in [0.15, 0.2) is 54.9 Å². The Bertz CT molecular complexity index is 971. The number of ether oxygens (including phenoxy) is 1. The molecule has 0 saturated heterocycles. The molecule has 0 bridgehead atoms. The minimum absolute atomic E-state index is 0.217. The van der Waals surface area contributed by atoms with Gasteiger partial charge in [-0.2, -0.15) is 0 Å². The Labute approximate surface area is 163 Å². The molecule has 6 nitrogen and oxygen atoms in total. The SMILES string of the molecule is COc1cccc(C(NC(=O)NCc2ccc(C)c(F)c2)c2nccn2C)c1. The van der Waals surface area contributed by atoms with Gasteiger partial charge in [0.2, 0.25) is 0 Å². The predicted molar refractivity (Wildman–Crippen MR) is 105 cm³/mol. The molecule has 0 aliphatic rings. The summed E-state index contributed by atoms with van der Waals surface area (Å²) in [5, 5.41) is 5.71. The third-order valence-electron chi connectivity index (χ3n) is 4.51. The molecule has 0 saturated carbocycles. The van der Waals surface area contributed by atoms with Crippen LogP contribution in [0.5, 0.6) is 5.75 Å². The average Bonchev–Trinajstić information content (AvgIpc) is 3.12. The molecule has 1 unspecified atom stereocenters. The van der Waals surface area contributed by atoms with E-state index in [-0.39, 0.29) is 18.4 Å². The van der Waals surface area contributed by atoms with Crippen LogP contribution in [0.1, 0.15) is 28.6 Å². The largest absolute Gasteiger partial charge is 0.497 e. The quantitative estimate of drug-likeness (QED) is 0.686. The number of hydrogen-bond donors (Lipinski definition) is 2. The van der Waals surface area contributed by atoms with Crippen molar-refractivity contribution in [3.63, 3.8) is 0 Å². The summed E-state index contributed by atoms with van der Waals surface area (Å²) in [4.78, 5) is 16.9. The molecule has 3 aromatic rings. The first-order chi connectivity index (χ1) is 13.5. The van der Waals surface area contributed by atoms with E-state index in [2.05, 4.69) is 15.6 Å². The number of carbonyl (C=O) groups is 1. The van der Waals surface area contributed by atoms with E-state index in [1.807, 2.05) is 42.1 Å². The molecule has 0 aliphatic heterocycles. The Morgan fingerprint density at radius 3 is 2.79 bits per heavy atom. The van der Waals surface area contributed by atoms with Crippen molar-refractivity contribution in [3.05, 3.63) is 83.2 Å². The number of imidazole rings is 1. The van der Waals surface area contributed by atoms with Crippen molar-refractivity contribution in [2.45, 2.75) is 19.5 Å². The maximum Gasteiger partial charge on any atom is 0.315 e. The average molecular weight is 382 g/mol. The number of amides is 2. The van der Waals surface area contributed by atoms with Gasteiger partial charge in [-0.3, -0.25) is 0 Å². The van der Waals surface area contributed by atoms with Gasteiger partial charge in [-0.05, 0) is 41.8 Å². The second-order valence-corrected chi connectivity index (χ2v) is 6.52. The van der Waals surface area contributed by atoms with Crippen LogP contribution < -0.4 is 15.4 Å². The smallest absolute Gasteiger partial charge is 0.315 e. The topological polar surface area (TPSA) is 68.2 Å². The first kappa shape index (κ1) is 19.4. The molecule has 1 aromatic heterocycles. The Morgan fingerprint density at radius 2 is 2.11 bits per heavy atom. The van der Waals surface area contributed by atoms with E-state index in [4.69, 9.17) is 4.74 Å². The molecule has 1 heterocycles. The number of aryl methyl sites for hydroxylation is 2. The van der Waals surface area contributed by atoms with Crippen molar-refractivity contribution < 1.29 is 13.9 Å². The van der Waals surface area contributed by atoms with Gasteiger partial charge in [0, 0.05) is 26.0 Å². The number of carbonyl (C=O) groups excluding carboxylic acids is 1. The second-order valence-electron chi connectivity index (χ2n) is 6.52. The molecule has 1 atom stereocenters. The number of nitrogens with one attached hydrogen (secondary N) is 2. The minimum Gasteiger partial charge on any atom is -0.497 e. The lowest BCUT2D eigenvalue weighted by atomic mass is 10.1. The fraction of sp³-hybridized carbons (Fsp3) is 0.238. The molecule has 2 amide bonds. The van der Waals surface area contributed by atoms with Gasteiger partial charge in [-0.15, -0.1) is 0 Å². The zero-order chi connectivity index (χ0) is 20.1. The van der Waals surface area contributed by atoms with Gasteiger partial charge in [-0.1, -0.05) is 24.3 Å². The van der Waals surface area contributed by atoms with Crippen molar-refractivity contribution in [1.29, 1.82) is 0 Å². The molecule has 2 N–H and O–H groups in total. The van der Waals surface area contributed by atoms with Crippen LogP contribution in [0.4, 0.5) is 9.18 Å². The Kier molecular flexibility index (Phi) is 5.93. The highest BCUT2D eigenvalue weighted by molar-refractivity contribution is 5.75. The van der Waals surface area contributed by atoms with Crippen molar-refractivity contribution >= 4 is 6.03 Å². The monoisotopic (exact) mass is 382 g/mol. The van der Waals surface area contributed by atoms with E-state index in [1.54, 1.807) is 32.4 Å². The maximum atomic E-state index is 13.7. The summed E-state index contributed by atoms with van der Waals surface area (Å²) in [5.74, 6) is 1.08. The number of hydrogen-bond acceptors (Lipinski definition) is 3. The number of halogens is 1. The molecular formula is C21H23FN4O2. The summed E-state index contributed by atoms with van der Waals surface area (Å²) < 4.78 is 20.8. The summed E-state index contributed by atoms with van der Waals surface area (Å²) in [6.07, 6.45) is 3.49. The zero-order valence-electron chi connectivity index (χ0n) is 16.1. The predicted octanol–water partition coefficient (Wildman–Crippen LogP) is 3.47. The fourth-order valence-electron chi connectivity index (χ4n) is 2.88.